The van der Waals surface area contributed by atoms with E-state index in [-0.39, 0.29) is 12.2 Å². The van der Waals surface area contributed by atoms with Crippen molar-refractivity contribution in [3.8, 4) is 0 Å². The van der Waals surface area contributed by atoms with Crippen molar-refractivity contribution < 1.29 is 19.1 Å². The molecule has 2 aromatic carbocycles. The summed E-state index contributed by atoms with van der Waals surface area (Å²) in [7, 11) is 0. The van der Waals surface area contributed by atoms with E-state index < -0.39 is 11.9 Å². The van der Waals surface area contributed by atoms with Crippen LogP contribution in [0.5, 0.6) is 0 Å². The summed E-state index contributed by atoms with van der Waals surface area (Å²) in [6, 6.07) is 14.1. The normalized spacial score (nSPS) is 13.0. The summed E-state index contributed by atoms with van der Waals surface area (Å²) in [6.07, 6.45) is -0.366. The van der Waals surface area contributed by atoms with Gasteiger partial charge in [-0.3, -0.25) is 0 Å². The molecule has 132 valence electrons. The highest BCUT2D eigenvalue weighted by Gasteiger charge is 2.20. The molecule has 25 heavy (non-hydrogen) atoms. The molecule has 0 heterocycles. The van der Waals surface area contributed by atoms with Crippen molar-refractivity contribution in [3.05, 3.63) is 68.6 Å². The topological polar surface area (TPSA) is 52.6 Å². The molecule has 2 rings (SSSR count). The van der Waals surface area contributed by atoms with Crippen LogP contribution in [0.4, 0.5) is 0 Å². The molecule has 0 aliphatic carbocycles. The molecule has 0 saturated carbocycles. The number of carbonyl (C=O) groups is 2. The lowest BCUT2D eigenvalue weighted by Gasteiger charge is -2.19. The van der Waals surface area contributed by atoms with Gasteiger partial charge in [0.15, 0.2) is 0 Å². The van der Waals surface area contributed by atoms with Crippen molar-refractivity contribution in [1.29, 1.82) is 0 Å². The minimum Gasteiger partial charge on any atom is -0.459 e. The first kappa shape index (κ1) is 19.7. The molecule has 4 nitrogen and oxygen atoms in total. The molecule has 0 bridgehead atoms. The Morgan fingerprint density at radius 2 is 1.16 bits per heavy atom. The van der Waals surface area contributed by atoms with Crippen LogP contribution in [0, 0.1) is 0 Å². The fourth-order valence-electron chi connectivity index (χ4n) is 2.31. The van der Waals surface area contributed by atoms with Gasteiger partial charge in [0.1, 0.15) is 12.2 Å². The van der Waals surface area contributed by atoms with Crippen molar-refractivity contribution in [1.82, 2.24) is 0 Å². The quantitative estimate of drug-likeness (QED) is 0.532. The van der Waals surface area contributed by atoms with Crippen molar-refractivity contribution >= 4 is 43.8 Å². The number of halogens is 2. The van der Waals surface area contributed by atoms with Crippen LogP contribution in [0.3, 0.4) is 0 Å². The Morgan fingerprint density at radius 3 is 1.52 bits per heavy atom. The van der Waals surface area contributed by atoms with Crippen LogP contribution in [-0.4, -0.2) is 24.1 Å². The van der Waals surface area contributed by atoms with Crippen LogP contribution >= 0.6 is 31.9 Å². The Kier molecular flexibility index (Phi) is 7.20. The van der Waals surface area contributed by atoms with Crippen molar-refractivity contribution in [2.24, 2.45) is 0 Å². The lowest BCUT2D eigenvalue weighted by atomic mass is 10.2. The molecule has 0 saturated heterocycles. The van der Waals surface area contributed by atoms with Crippen LogP contribution in [0.2, 0.25) is 0 Å². The van der Waals surface area contributed by atoms with Crippen LogP contribution < -0.4 is 0 Å². The van der Waals surface area contributed by atoms with E-state index in [0.29, 0.717) is 26.5 Å². The maximum atomic E-state index is 12.2. The molecule has 0 aliphatic heterocycles. The monoisotopic (exact) mass is 468 g/mol. The molecule has 0 spiro atoms. The largest absolute Gasteiger partial charge is 0.459 e. The van der Waals surface area contributed by atoms with Gasteiger partial charge in [-0.25, -0.2) is 9.59 Å². The second-order valence-corrected chi connectivity index (χ2v) is 7.34. The zero-order chi connectivity index (χ0) is 18.4. The summed E-state index contributed by atoms with van der Waals surface area (Å²) in [4.78, 5) is 24.4. The molecule has 0 amide bonds. The minimum absolute atomic E-state index is 0.387. The van der Waals surface area contributed by atoms with Crippen molar-refractivity contribution in [2.45, 2.75) is 32.5 Å². The van der Waals surface area contributed by atoms with Gasteiger partial charge in [-0.1, -0.05) is 24.3 Å². The van der Waals surface area contributed by atoms with Crippen molar-refractivity contribution in [2.75, 3.05) is 0 Å². The average molecular weight is 470 g/mol. The summed E-state index contributed by atoms with van der Waals surface area (Å²) in [5.74, 6) is -0.825. The lowest BCUT2D eigenvalue weighted by molar-refractivity contribution is 0.00754. The smallest absolute Gasteiger partial charge is 0.339 e. The van der Waals surface area contributed by atoms with Gasteiger partial charge in [0, 0.05) is 15.4 Å². The van der Waals surface area contributed by atoms with E-state index in [9.17, 15) is 9.59 Å². The number of hydrogen-bond donors (Lipinski definition) is 0. The number of ether oxygens (including phenoxy) is 2. The third-order valence-corrected chi connectivity index (χ3v) is 4.85. The van der Waals surface area contributed by atoms with Gasteiger partial charge in [-0.05, 0) is 70.0 Å². The first-order chi connectivity index (χ1) is 11.9. The molecule has 2 unspecified atom stereocenters. The standard InChI is InChI=1S/C19H18Br2O4/c1-12(24-18(22)14-7-3-5-9-16(14)20)11-13(2)25-19(23)15-8-4-6-10-17(15)21/h3-10,12-13H,11H2,1-2H3. The maximum absolute atomic E-state index is 12.2. The molecular formula is C19H18Br2O4. The minimum atomic E-state index is -0.413. The molecule has 2 aromatic rings. The Balaban J connectivity index is 1.89. The molecular weight excluding hydrogens is 452 g/mol. The number of benzene rings is 2. The Hall–Kier alpha value is -1.66. The molecule has 6 heteroatoms. The summed E-state index contributed by atoms with van der Waals surface area (Å²) < 4.78 is 12.2. The van der Waals surface area contributed by atoms with Crippen LogP contribution in [0.1, 0.15) is 41.0 Å². The third kappa shape index (κ3) is 5.68. The summed E-state index contributed by atoms with van der Waals surface area (Å²) in [5.41, 5.74) is 0.930. The molecule has 0 N–H and O–H groups in total. The van der Waals surface area contributed by atoms with E-state index in [0.717, 1.165) is 0 Å². The molecule has 0 fully saturated rings. The number of hydrogen-bond acceptors (Lipinski definition) is 4. The highest BCUT2D eigenvalue weighted by Crippen LogP contribution is 2.20. The first-order valence-electron chi connectivity index (χ1n) is 7.79. The summed E-state index contributed by atoms with van der Waals surface area (Å²) >= 11 is 6.66. The molecule has 0 aliphatic rings. The van der Waals surface area contributed by atoms with Gasteiger partial charge in [0.2, 0.25) is 0 Å². The number of esters is 2. The Labute approximate surface area is 163 Å². The Bertz CT molecular complexity index is 697. The van der Waals surface area contributed by atoms with E-state index in [1.807, 2.05) is 12.1 Å². The maximum Gasteiger partial charge on any atom is 0.339 e. The van der Waals surface area contributed by atoms with Gasteiger partial charge in [-0.2, -0.15) is 0 Å². The Morgan fingerprint density at radius 1 is 0.800 bits per heavy atom. The fraction of sp³-hybridized carbons (Fsp3) is 0.263. The average Bonchev–Trinajstić information content (AvgIpc) is 2.55. The predicted molar refractivity (Wildman–Crippen MR) is 103 cm³/mol. The van der Waals surface area contributed by atoms with Gasteiger partial charge >= 0.3 is 11.9 Å². The summed E-state index contributed by atoms with van der Waals surface area (Å²) in [5, 5.41) is 0. The highest BCUT2D eigenvalue weighted by molar-refractivity contribution is 9.10. The van der Waals surface area contributed by atoms with Gasteiger partial charge in [-0.15, -0.1) is 0 Å². The molecule has 0 aromatic heterocycles. The van der Waals surface area contributed by atoms with Gasteiger partial charge < -0.3 is 9.47 Å². The van der Waals surface area contributed by atoms with E-state index in [1.54, 1.807) is 50.2 Å². The van der Waals surface area contributed by atoms with E-state index in [1.165, 1.54) is 0 Å². The zero-order valence-corrected chi connectivity index (χ0v) is 17.0. The van der Waals surface area contributed by atoms with Crippen LogP contribution in [-0.2, 0) is 9.47 Å². The third-order valence-electron chi connectivity index (χ3n) is 3.47. The van der Waals surface area contributed by atoms with Crippen molar-refractivity contribution in [3.63, 3.8) is 0 Å². The van der Waals surface area contributed by atoms with E-state index in [4.69, 9.17) is 9.47 Å². The second-order valence-electron chi connectivity index (χ2n) is 5.63. The lowest BCUT2D eigenvalue weighted by Crippen LogP contribution is -2.24. The van der Waals surface area contributed by atoms with E-state index in [2.05, 4.69) is 31.9 Å². The number of rotatable bonds is 6. The highest BCUT2D eigenvalue weighted by atomic mass is 79.9. The van der Waals surface area contributed by atoms with Gasteiger partial charge in [0.25, 0.3) is 0 Å². The fourth-order valence-corrected chi connectivity index (χ4v) is 3.20. The SMILES string of the molecule is CC(CC(C)OC(=O)c1ccccc1Br)OC(=O)c1ccccc1Br. The van der Waals surface area contributed by atoms with Gasteiger partial charge in [0.05, 0.1) is 11.1 Å². The predicted octanol–water partition coefficient (Wildman–Crippen LogP) is 5.39. The van der Waals surface area contributed by atoms with E-state index >= 15 is 0 Å². The first-order valence-corrected chi connectivity index (χ1v) is 9.38. The van der Waals surface area contributed by atoms with Crippen LogP contribution in [0.15, 0.2) is 57.5 Å². The van der Waals surface area contributed by atoms with Crippen LogP contribution in [0.25, 0.3) is 0 Å². The molecule has 0 radical (unpaired) electrons. The second kappa shape index (κ2) is 9.15. The zero-order valence-electron chi connectivity index (χ0n) is 13.9. The number of carbonyl (C=O) groups excluding carboxylic acids is 2. The molecule has 2 atom stereocenters. The summed E-state index contributed by atoms with van der Waals surface area (Å²) in [6.45, 7) is 3.55.